The highest BCUT2D eigenvalue weighted by atomic mass is 32.2. The van der Waals surface area contributed by atoms with Crippen LogP contribution in [0.2, 0.25) is 0 Å². The first-order valence-electron chi connectivity index (χ1n) is 9.82. The van der Waals surface area contributed by atoms with Gasteiger partial charge in [0.05, 0.1) is 34.4 Å². The first-order valence-corrected chi connectivity index (χ1v) is 11.3. The van der Waals surface area contributed by atoms with Crippen molar-refractivity contribution >= 4 is 21.1 Å². The average molecular weight is 468 g/mol. The van der Waals surface area contributed by atoms with Crippen LogP contribution in [-0.2, 0) is 22.7 Å². The summed E-state index contributed by atoms with van der Waals surface area (Å²) >= 11 is 0. The highest BCUT2D eigenvalue weighted by Crippen LogP contribution is 2.37. The van der Waals surface area contributed by atoms with E-state index in [1.807, 2.05) is 0 Å². The van der Waals surface area contributed by atoms with Crippen LogP contribution in [0.4, 0.5) is 17.6 Å². The Morgan fingerprint density at radius 3 is 2.66 bits per heavy atom. The van der Waals surface area contributed by atoms with Crippen LogP contribution in [0.15, 0.2) is 59.5 Å². The molecule has 1 fully saturated rings. The minimum absolute atomic E-state index is 0.0479. The van der Waals surface area contributed by atoms with Crippen molar-refractivity contribution < 1.29 is 26.0 Å². The summed E-state index contributed by atoms with van der Waals surface area (Å²) in [6.07, 6.45) is -0.796. The molecule has 0 unspecified atom stereocenters. The van der Waals surface area contributed by atoms with Crippen molar-refractivity contribution in [1.29, 1.82) is 0 Å². The molecule has 0 saturated heterocycles. The number of imidazole rings is 1. The lowest BCUT2D eigenvalue weighted by Crippen LogP contribution is -2.25. The molecule has 0 amide bonds. The SMILES string of the molecule is NCC=C(F)Cn1cnc2c(-c3cccc(S(=O)(=O)NC4CC4)c3)cc(C(F)(F)F)cc21. The van der Waals surface area contributed by atoms with Gasteiger partial charge >= 0.3 is 6.18 Å². The number of allylic oxidation sites excluding steroid dienone is 1. The zero-order valence-corrected chi connectivity index (χ0v) is 17.5. The van der Waals surface area contributed by atoms with Crippen LogP contribution in [0.1, 0.15) is 18.4 Å². The number of alkyl halides is 3. The van der Waals surface area contributed by atoms with E-state index in [0.717, 1.165) is 31.1 Å². The first-order chi connectivity index (χ1) is 15.1. The maximum absolute atomic E-state index is 14.0. The van der Waals surface area contributed by atoms with Crippen molar-refractivity contribution in [2.45, 2.75) is 36.5 Å². The lowest BCUT2D eigenvalue weighted by Gasteiger charge is -2.13. The Hall–Kier alpha value is -2.76. The monoisotopic (exact) mass is 468 g/mol. The molecule has 1 aliphatic carbocycles. The number of benzene rings is 2. The van der Waals surface area contributed by atoms with Crippen molar-refractivity contribution in [3.05, 3.63) is 60.2 Å². The molecule has 1 aliphatic rings. The van der Waals surface area contributed by atoms with Gasteiger partial charge in [0.1, 0.15) is 5.83 Å². The standard InChI is InChI=1S/C21H20F4N4O2S/c22-15(6-7-26)11-29-12-27-20-18(9-14(10-19(20)29)21(23,24)25)13-2-1-3-17(8-13)32(30,31)28-16-4-5-16/h1-3,6,8-10,12,16,28H,4-5,7,11,26H2. The molecule has 170 valence electrons. The second-order valence-corrected chi connectivity index (χ2v) is 9.29. The largest absolute Gasteiger partial charge is 0.416 e. The lowest BCUT2D eigenvalue weighted by atomic mass is 10.0. The fourth-order valence-corrected chi connectivity index (χ4v) is 4.70. The minimum Gasteiger partial charge on any atom is -0.327 e. The van der Waals surface area contributed by atoms with Gasteiger partial charge in [-0.15, -0.1) is 0 Å². The van der Waals surface area contributed by atoms with Crippen LogP contribution in [-0.4, -0.2) is 30.6 Å². The van der Waals surface area contributed by atoms with Crippen LogP contribution in [0, 0.1) is 0 Å². The van der Waals surface area contributed by atoms with Gasteiger partial charge in [0.15, 0.2) is 0 Å². The summed E-state index contributed by atoms with van der Waals surface area (Å²) in [4.78, 5) is 4.13. The Morgan fingerprint density at radius 1 is 1.25 bits per heavy atom. The Balaban J connectivity index is 1.86. The van der Waals surface area contributed by atoms with Crippen molar-refractivity contribution in [1.82, 2.24) is 14.3 Å². The molecule has 11 heteroatoms. The van der Waals surface area contributed by atoms with E-state index in [2.05, 4.69) is 9.71 Å². The van der Waals surface area contributed by atoms with E-state index in [-0.39, 0.29) is 46.2 Å². The number of nitrogens with two attached hydrogens (primary N) is 1. The van der Waals surface area contributed by atoms with Gasteiger partial charge in [-0.25, -0.2) is 22.5 Å². The summed E-state index contributed by atoms with van der Waals surface area (Å²) in [7, 11) is -3.80. The number of nitrogens with zero attached hydrogens (tertiary/aromatic N) is 2. The predicted octanol–water partition coefficient (Wildman–Crippen LogP) is 3.97. The maximum Gasteiger partial charge on any atom is 0.416 e. The summed E-state index contributed by atoms with van der Waals surface area (Å²) in [6, 6.07) is 7.37. The first kappa shape index (κ1) is 22.4. The van der Waals surface area contributed by atoms with E-state index >= 15 is 0 Å². The third-order valence-corrected chi connectivity index (χ3v) is 6.59. The van der Waals surface area contributed by atoms with E-state index in [4.69, 9.17) is 5.73 Å². The molecule has 0 atom stereocenters. The fraction of sp³-hybridized carbons (Fsp3) is 0.286. The third kappa shape index (κ3) is 4.69. The van der Waals surface area contributed by atoms with Gasteiger partial charge < -0.3 is 10.3 Å². The summed E-state index contributed by atoms with van der Waals surface area (Å²) < 4.78 is 83.8. The van der Waals surface area contributed by atoms with Gasteiger partial charge in [-0.05, 0) is 48.7 Å². The molecular weight excluding hydrogens is 448 g/mol. The Morgan fingerprint density at radius 2 is 2.00 bits per heavy atom. The van der Waals surface area contributed by atoms with Crippen molar-refractivity contribution in [3.8, 4) is 11.1 Å². The van der Waals surface area contributed by atoms with E-state index in [9.17, 15) is 26.0 Å². The highest BCUT2D eigenvalue weighted by Gasteiger charge is 2.33. The second-order valence-electron chi connectivity index (χ2n) is 7.57. The average Bonchev–Trinajstić information content (AvgIpc) is 3.44. The van der Waals surface area contributed by atoms with Gasteiger partial charge in [0.2, 0.25) is 10.0 Å². The van der Waals surface area contributed by atoms with Crippen LogP contribution in [0.3, 0.4) is 0 Å². The van der Waals surface area contributed by atoms with Crippen molar-refractivity contribution in [2.75, 3.05) is 6.54 Å². The van der Waals surface area contributed by atoms with Crippen molar-refractivity contribution in [3.63, 3.8) is 0 Å². The maximum atomic E-state index is 14.0. The summed E-state index contributed by atoms with van der Waals surface area (Å²) in [5.41, 5.74) is 4.96. The number of halogens is 4. The molecule has 0 aliphatic heterocycles. The Kier molecular flexibility index (Phi) is 5.82. The molecule has 4 rings (SSSR count). The van der Waals surface area contributed by atoms with Crippen LogP contribution < -0.4 is 10.5 Å². The van der Waals surface area contributed by atoms with Gasteiger partial charge in [-0.2, -0.15) is 13.2 Å². The van der Waals surface area contributed by atoms with E-state index < -0.39 is 27.6 Å². The molecule has 3 aromatic rings. The number of rotatable bonds is 7. The quantitative estimate of drug-likeness (QED) is 0.514. The zero-order chi connectivity index (χ0) is 23.1. The van der Waals surface area contributed by atoms with E-state index in [1.165, 1.54) is 35.2 Å². The number of sulfonamides is 1. The topological polar surface area (TPSA) is 90.0 Å². The van der Waals surface area contributed by atoms with Crippen LogP contribution in [0.5, 0.6) is 0 Å². The Bertz CT molecular complexity index is 1290. The minimum atomic E-state index is -4.67. The number of fused-ring (bicyclic) bond motifs is 1. The Labute approximate surface area is 181 Å². The summed E-state index contributed by atoms with van der Waals surface area (Å²) in [5.74, 6) is -0.606. The molecular formula is C21H20F4N4O2S. The van der Waals surface area contributed by atoms with Gasteiger partial charge in [-0.3, -0.25) is 0 Å². The van der Waals surface area contributed by atoms with Crippen LogP contribution >= 0.6 is 0 Å². The lowest BCUT2D eigenvalue weighted by molar-refractivity contribution is -0.137. The molecule has 1 aromatic heterocycles. The molecule has 6 nitrogen and oxygen atoms in total. The second kappa shape index (κ2) is 8.30. The number of hydrogen-bond donors (Lipinski definition) is 2. The number of hydrogen-bond acceptors (Lipinski definition) is 4. The van der Waals surface area contributed by atoms with Gasteiger partial charge in [0.25, 0.3) is 0 Å². The molecule has 2 aromatic carbocycles. The molecule has 1 heterocycles. The molecule has 1 saturated carbocycles. The van der Waals surface area contributed by atoms with Gasteiger partial charge in [-0.1, -0.05) is 12.1 Å². The molecule has 0 radical (unpaired) electrons. The predicted molar refractivity (Wildman–Crippen MR) is 112 cm³/mol. The summed E-state index contributed by atoms with van der Waals surface area (Å²) in [6.45, 7) is -0.373. The highest BCUT2D eigenvalue weighted by molar-refractivity contribution is 7.89. The van der Waals surface area contributed by atoms with E-state index in [0.29, 0.717) is 0 Å². The molecule has 32 heavy (non-hydrogen) atoms. The third-order valence-electron chi connectivity index (χ3n) is 5.07. The van der Waals surface area contributed by atoms with Crippen molar-refractivity contribution in [2.24, 2.45) is 5.73 Å². The van der Waals surface area contributed by atoms with Gasteiger partial charge in [0, 0.05) is 18.2 Å². The normalized spacial score (nSPS) is 15.5. The van der Waals surface area contributed by atoms with E-state index in [1.54, 1.807) is 0 Å². The fourth-order valence-electron chi connectivity index (χ4n) is 3.35. The smallest absolute Gasteiger partial charge is 0.327 e. The van der Waals surface area contributed by atoms with Crippen LogP contribution in [0.25, 0.3) is 22.2 Å². The molecule has 3 N–H and O–H groups in total. The summed E-state index contributed by atoms with van der Waals surface area (Å²) in [5, 5.41) is 0. The number of nitrogens with one attached hydrogen (secondary N) is 1. The zero-order valence-electron chi connectivity index (χ0n) is 16.7. The molecule has 0 bridgehead atoms. The molecule has 0 spiro atoms. The number of aromatic nitrogens is 2.